The second kappa shape index (κ2) is 5.32. The number of rotatable bonds is 3. The van der Waals surface area contributed by atoms with Crippen LogP contribution in [0.5, 0.6) is 5.75 Å². The Morgan fingerprint density at radius 1 is 1.10 bits per heavy atom. The molecule has 0 unspecified atom stereocenters. The largest absolute Gasteiger partial charge is 0.494 e. The van der Waals surface area contributed by atoms with E-state index in [1.807, 2.05) is 31.2 Å². The van der Waals surface area contributed by atoms with Crippen molar-refractivity contribution in [3.05, 3.63) is 58.8 Å². The summed E-state index contributed by atoms with van der Waals surface area (Å²) in [6, 6.07) is 14.0. The molecule has 0 spiro atoms. The number of ether oxygens (including phenoxy) is 1. The monoisotopic (exact) mass is 281 g/mol. The Balaban J connectivity index is 2.08. The van der Waals surface area contributed by atoms with Gasteiger partial charge in [0.1, 0.15) is 17.1 Å². The van der Waals surface area contributed by atoms with Gasteiger partial charge in [0.05, 0.1) is 12.0 Å². The summed E-state index contributed by atoms with van der Waals surface area (Å²) in [4.78, 5) is 12.2. The number of hydrogen-bond acceptors (Lipinski definition) is 4. The van der Waals surface area contributed by atoms with Crippen LogP contribution in [0.3, 0.4) is 0 Å². The molecule has 3 rings (SSSR count). The molecular formula is C17H15NO3. The minimum atomic E-state index is -0.104. The quantitative estimate of drug-likeness (QED) is 0.747. The molecule has 0 saturated heterocycles. The lowest BCUT2D eigenvalue weighted by atomic mass is 10.1. The van der Waals surface area contributed by atoms with E-state index in [-0.39, 0.29) is 5.43 Å². The lowest BCUT2D eigenvalue weighted by molar-refractivity contribution is 0.340. The predicted octanol–water partition coefficient (Wildman–Crippen LogP) is 3.44. The van der Waals surface area contributed by atoms with Crippen molar-refractivity contribution in [3.8, 4) is 17.1 Å². The highest BCUT2D eigenvalue weighted by Gasteiger charge is 2.07. The molecule has 1 heterocycles. The number of anilines is 1. The van der Waals surface area contributed by atoms with E-state index in [0.717, 1.165) is 11.3 Å². The standard InChI is InChI=1S/C17H15NO3/c1-2-20-13-6-3-11(4-7-13)17-10-15(19)14-9-12(18)5-8-16(14)21-17/h3-10H,2,18H2,1H3. The Hall–Kier alpha value is -2.75. The molecule has 2 N–H and O–H groups in total. The van der Waals surface area contributed by atoms with E-state index < -0.39 is 0 Å². The number of nitrogens with two attached hydrogens (primary N) is 1. The van der Waals surface area contributed by atoms with Gasteiger partial charge in [0, 0.05) is 17.3 Å². The van der Waals surface area contributed by atoms with E-state index in [1.54, 1.807) is 18.2 Å². The summed E-state index contributed by atoms with van der Waals surface area (Å²) in [6.07, 6.45) is 0. The van der Waals surface area contributed by atoms with Crippen molar-refractivity contribution in [2.75, 3.05) is 12.3 Å². The van der Waals surface area contributed by atoms with Gasteiger partial charge in [0.25, 0.3) is 0 Å². The fourth-order valence-corrected chi connectivity index (χ4v) is 2.20. The van der Waals surface area contributed by atoms with Gasteiger partial charge in [-0.1, -0.05) is 0 Å². The summed E-state index contributed by atoms with van der Waals surface area (Å²) in [5.41, 5.74) is 7.49. The minimum Gasteiger partial charge on any atom is -0.494 e. The Labute approximate surface area is 121 Å². The molecular weight excluding hydrogens is 266 g/mol. The van der Waals surface area contributed by atoms with Crippen LogP contribution in [-0.2, 0) is 0 Å². The van der Waals surface area contributed by atoms with Crippen LogP contribution in [0.1, 0.15) is 6.92 Å². The first-order valence-electron chi connectivity index (χ1n) is 6.74. The smallest absolute Gasteiger partial charge is 0.193 e. The van der Waals surface area contributed by atoms with Crippen LogP contribution in [0.4, 0.5) is 5.69 Å². The Morgan fingerprint density at radius 2 is 1.86 bits per heavy atom. The van der Waals surface area contributed by atoms with Gasteiger partial charge in [-0.2, -0.15) is 0 Å². The third-order valence-electron chi connectivity index (χ3n) is 3.20. The molecule has 4 nitrogen and oxygen atoms in total. The van der Waals surface area contributed by atoms with Crippen molar-refractivity contribution in [1.82, 2.24) is 0 Å². The molecule has 21 heavy (non-hydrogen) atoms. The molecule has 3 aromatic rings. The zero-order valence-electron chi connectivity index (χ0n) is 11.6. The highest BCUT2D eigenvalue weighted by Crippen LogP contribution is 2.25. The number of benzene rings is 2. The lowest BCUT2D eigenvalue weighted by Crippen LogP contribution is -2.01. The van der Waals surface area contributed by atoms with Gasteiger partial charge in [-0.05, 0) is 49.4 Å². The second-order valence-electron chi connectivity index (χ2n) is 4.69. The summed E-state index contributed by atoms with van der Waals surface area (Å²) >= 11 is 0. The van der Waals surface area contributed by atoms with Crippen LogP contribution in [-0.4, -0.2) is 6.61 Å². The Morgan fingerprint density at radius 3 is 2.57 bits per heavy atom. The zero-order chi connectivity index (χ0) is 14.8. The molecule has 0 amide bonds. The maximum atomic E-state index is 12.2. The first-order valence-corrected chi connectivity index (χ1v) is 6.74. The van der Waals surface area contributed by atoms with Crippen LogP contribution >= 0.6 is 0 Å². The Kier molecular flexibility index (Phi) is 3.36. The molecule has 0 aliphatic carbocycles. The first kappa shape index (κ1) is 13.2. The molecule has 0 bridgehead atoms. The maximum absolute atomic E-state index is 12.2. The predicted molar refractivity (Wildman–Crippen MR) is 83.5 cm³/mol. The number of hydrogen-bond donors (Lipinski definition) is 1. The topological polar surface area (TPSA) is 65.5 Å². The van der Waals surface area contributed by atoms with Crippen molar-refractivity contribution in [3.63, 3.8) is 0 Å². The van der Waals surface area contributed by atoms with Gasteiger partial charge in [0.2, 0.25) is 0 Å². The van der Waals surface area contributed by atoms with E-state index in [4.69, 9.17) is 14.9 Å². The van der Waals surface area contributed by atoms with Crippen LogP contribution in [0.15, 0.2) is 57.7 Å². The summed E-state index contributed by atoms with van der Waals surface area (Å²) in [7, 11) is 0. The minimum absolute atomic E-state index is 0.104. The third kappa shape index (κ3) is 2.60. The lowest BCUT2D eigenvalue weighted by Gasteiger charge is -2.06. The third-order valence-corrected chi connectivity index (χ3v) is 3.20. The van der Waals surface area contributed by atoms with Gasteiger partial charge in [-0.3, -0.25) is 4.79 Å². The van der Waals surface area contributed by atoms with Gasteiger partial charge in [0.15, 0.2) is 5.43 Å². The molecule has 0 saturated carbocycles. The highest BCUT2D eigenvalue weighted by atomic mass is 16.5. The van der Waals surface area contributed by atoms with Crippen molar-refractivity contribution < 1.29 is 9.15 Å². The van der Waals surface area contributed by atoms with E-state index in [0.29, 0.717) is 29.0 Å². The van der Waals surface area contributed by atoms with Crippen molar-refractivity contribution >= 4 is 16.7 Å². The molecule has 1 aromatic heterocycles. The normalized spacial score (nSPS) is 10.7. The van der Waals surface area contributed by atoms with Crippen molar-refractivity contribution in [2.45, 2.75) is 6.92 Å². The molecule has 106 valence electrons. The second-order valence-corrected chi connectivity index (χ2v) is 4.69. The number of fused-ring (bicyclic) bond motifs is 1. The molecule has 0 aliphatic heterocycles. The van der Waals surface area contributed by atoms with Crippen LogP contribution in [0.2, 0.25) is 0 Å². The molecule has 2 aromatic carbocycles. The first-order chi connectivity index (χ1) is 10.2. The van der Waals surface area contributed by atoms with Gasteiger partial charge >= 0.3 is 0 Å². The zero-order valence-corrected chi connectivity index (χ0v) is 11.6. The number of nitrogen functional groups attached to an aromatic ring is 1. The molecule has 0 atom stereocenters. The summed E-state index contributed by atoms with van der Waals surface area (Å²) < 4.78 is 11.2. The summed E-state index contributed by atoms with van der Waals surface area (Å²) in [5, 5.41) is 0.490. The van der Waals surface area contributed by atoms with E-state index in [9.17, 15) is 4.79 Å². The molecule has 4 heteroatoms. The highest BCUT2D eigenvalue weighted by molar-refractivity contribution is 5.81. The van der Waals surface area contributed by atoms with Gasteiger partial charge in [-0.25, -0.2) is 0 Å². The van der Waals surface area contributed by atoms with Crippen LogP contribution in [0, 0.1) is 0 Å². The van der Waals surface area contributed by atoms with Gasteiger partial charge in [-0.15, -0.1) is 0 Å². The average molecular weight is 281 g/mol. The van der Waals surface area contributed by atoms with Gasteiger partial charge < -0.3 is 14.9 Å². The van der Waals surface area contributed by atoms with Crippen LogP contribution < -0.4 is 15.9 Å². The fourth-order valence-electron chi connectivity index (χ4n) is 2.20. The average Bonchev–Trinajstić information content (AvgIpc) is 2.49. The van der Waals surface area contributed by atoms with E-state index in [2.05, 4.69) is 0 Å². The molecule has 0 fully saturated rings. The van der Waals surface area contributed by atoms with E-state index >= 15 is 0 Å². The molecule has 0 aliphatic rings. The van der Waals surface area contributed by atoms with Crippen molar-refractivity contribution in [2.24, 2.45) is 0 Å². The molecule has 0 radical (unpaired) electrons. The Bertz CT molecular complexity index is 835. The maximum Gasteiger partial charge on any atom is 0.193 e. The SMILES string of the molecule is CCOc1ccc(-c2cc(=O)c3cc(N)ccc3o2)cc1. The summed E-state index contributed by atoms with van der Waals surface area (Å²) in [5.74, 6) is 1.32. The van der Waals surface area contributed by atoms with E-state index in [1.165, 1.54) is 6.07 Å². The summed E-state index contributed by atoms with van der Waals surface area (Å²) in [6.45, 7) is 2.55. The van der Waals surface area contributed by atoms with Crippen molar-refractivity contribution in [1.29, 1.82) is 0 Å². The van der Waals surface area contributed by atoms with Crippen LogP contribution in [0.25, 0.3) is 22.3 Å². The fraction of sp³-hybridized carbons (Fsp3) is 0.118.